The number of fused-ring (bicyclic) bond motifs is 1. The Balaban J connectivity index is 1.34. The molecule has 0 radical (unpaired) electrons. The number of carbonyl (C=O) groups excluding carboxylic acids is 1. The normalized spacial score (nSPS) is 15.5. The molecule has 1 aromatic carbocycles. The van der Waals surface area contributed by atoms with E-state index in [-0.39, 0.29) is 11.8 Å². The van der Waals surface area contributed by atoms with Gasteiger partial charge in [0.05, 0.1) is 6.54 Å². The van der Waals surface area contributed by atoms with Gasteiger partial charge in [0.2, 0.25) is 5.91 Å². The maximum atomic E-state index is 12.4. The van der Waals surface area contributed by atoms with Crippen molar-refractivity contribution in [1.82, 2.24) is 19.9 Å². The third kappa shape index (κ3) is 3.39. The number of benzene rings is 1. The van der Waals surface area contributed by atoms with E-state index in [1.54, 1.807) is 18.3 Å². The van der Waals surface area contributed by atoms with Gasteiger partial charge in [-0.3, -0.25) is 4.79 Å². The molecule has 1 fully saturated rings. The Hall–Kier alpha value is -2.54. The first kappa shape index (κ1) is 16.9. The summed E-state index contributed by atoms with van der Waals surface area (Å²) in [6.07, 6.45) is 5.14. The molecule has 7 nitrogen and oxygen atoms in total. The topological polar surface area (TPSA) is 76.2 Å². The standard InChI is InChI=1S/C18H20ClN5O2/c1-23-9-6-20-16(23)11-21-17(25)12-4-7-24(8-5-12)18-22-14-3-2-13(19)10-15(14)26-18/h2-3,6,9-10,12H,4-5,7-8,11H2,1H3,(H,21,25). The van der Waals surface area contributed by atoms with Crippen molar-refractivity contribution in [3.8, 4) is 0 Å². The molecule has 1 saturated heterocycles. The number of rotatable bonds is 4. The molecule has 0 unspecified atom stereocenters. The molecule has 0 atom stereocenters. The summed E-state index contributed by atoms with van der Waals surface area (Å²) in [6.45, 7) is 1.93. The lowest BCUT2D eigenvalue weighted by Crippen LogP contribution is -2.40. The third-order valence-electron chi connectivity index (χ3n) is 4.82. The van der Waals surface area contributed by atoms with E-state index in [2.05, 4.69) is 20.2 Å². The first-order valence-corrected chi connectivity index (χ1v) is 9.03. The quantitative estimate of drug-likeness (QED) is 0.761. The fourth-order valence-electron chi connectivity index (χ4n) is 3.23. The average molecular weight is 374 g/mol. The number of nitrogens with one attached hydrogen (secondary N) is 1. The first-order valence-electron chi connectivity index (χ1n) is 8.65. The van der Waals surface area contributed by atoms with Crippen molar-refractivity contribution in [3.63, 3.8) is 0 Å². The van der Waals surface area contributed by atoms with Gasteiger partial charge < -0.3 is 19.2 Å². The second-order valence-electron chi connectivity index (χ2n) is 6.54. The van der Waals surface area contributed by atoms with Crippen LogP contribution in [0.1, 0.15) is 18.7 Å². The smallest absolute Gasteiger partial charge is 0.298 e. The second-order valence-corrected chi connectivity index (χ2v) is 6.98. The van der Waals surface area contributed by atoms with Gasteiger partial charge in [-0.1, -0.05) is 11.6 Å². The van der Waals surface area contributed by atoms with Gasteiger partial charge in [-0.05, 0) is 25.0 Å². The predicted octanol–water partition coefficient (Wildman–Crippen LogP) is 2.75. The van der Waals surface area contributed by atoms with E-state index in [1.165, 1.54) is 0 Å². The van der Waals surface area contributed by atoms with E-state index in [1.807, 2.05) is 23.9 Å². The highest BCUT2D eigenvalue weighted by atomic mass is 35.5. The average Bonchev–Trinajstić information content (AvgIpc) is 3.25. The van der Waals surface area contributed by atoms with Crippen LogP contribution in [0.3, 0.4) is 0 Å². The van der Waals surface area contributed by atoms with Gasteiger partial charge in [-0.2, -0.15) is 4.98 Å². The fraction of sp³-hybridized carbons (Fsp3) is 0.389. The van der Waals surface area contributed by atoms with Crippen LogP contribution in [-0.4, -0.2) is 33.5 Å². The zero-order valence-electron chi connectivity index (χ0n) is 14.5. The largest absolute Gasteiger partial charge is 0.423 e. The van der Waals surface area contributed by atoms with Crippen molar-refractivity contribution < 1.29 is 9.21 Å². The highest BCUT2D eigenvalue weighted by Gasteiger charge is 2.27. The Morgan fingerprint density at radius 3 is 2.92 bits per heavy atom. The number of amides is 1. The molecule has 3 aromatic rings. The van der Waals surface area contributed by atoms with E-state index in [0.717, 1.165) is 37.3 Å². The van der Waals surface area contributed by atoms with Crippen LogP contribution in [-0.2, 0) is 18.4 Å². The monoisotopic (exact) mass is 373 g/mol. The summed E-state index contributed by atoms with van der Waals surface area (Å²) in [4.78, 5) is 23.2. The number of imidazole rings is 1. The Morgan fingerprint density at radius 2 is 2.19 bits per heavy atom. The fourth-order valence-corrected chi connectivity index (χ4v) is 3.39. The molecule has 1 N–H and O–H groups in total. The summed E-state index contributed by atoms with van der Waals surface area (Å²) in [5.41, 5.74) is 1.47. The van der Waals surface area contributed by atoms with Crippen molar-refractivity contribution in [2.45, 2.75) is 19.4 Å². The SMILES string of the molecule is Cn1ccnc1CNC(=O)C1CCN(c2nc3ccc(Cl)cc3o2)CC1. The number of oxazole rings is 1. The maximum Gasteiger partial charge on any atom is 0.298 e. The molecule has 136 valence electrons. The number of hydrogen-bond acceptors (Lipinski definition) is 5. The Morgan fingerprint density at radius 1 is 1.38 bits per heavy atom. The van der Waals surface area contributed by atoms with E-state index in [0.29, 0.717) is 23.2 Å². The Labute approximate surface area is 156 Å². The van der Waals surface area contributed by atoms with Gasteiger partial charge >= 0.3 is 0 Å². The molecular weight excluding hydrogens is 354 g/mol. The number of nitrogens with zero attached hydrogens (tertiary/aromatic N) is 4. The van der Waals surface area contributed by atoms with Crippen LogP contribution in [0.4, 0.5) is 6.01 Å². The number of carbonyl (C=O) groups is 1. The molecule has 1 amide bonds. The summed E-state index contributed by atoms with van der Waals surface area (Å²) < 4.78 is 7.72. The van der Waals surface area contributed by atoms with E-state index in [4.69, 9.17) is 16.0 Å². The molecule has 0 saturated carbocycles. The number of anilines is 1. The lowest BCUT2D eigenvalue weighted by Gasteiger charge is -2.30. The zero-order valence-corrected chi connectivity index (χ0v) is 15.2. The van der Waals surface area contributed by atoms with Gasteiger partial charge in [0.15, 0.2) is 5.58 Å². The number of aromatic nitrogens is 3. The van der Waals surface area contributed by atoms with Crippen LogP contribution in [0.2, 0.25) is 5.02 Å². The van der Waals surface area contributed by atoms with E-state index < -0.39 is 0 Å². The molecule has 8 heteroatoms. The molecule has 3 heterocycles. The van der Waals surface area contributed by atoms with Crippen molar-refractivity contribution >= 4 is 34.6 Å². The third-order valence-corrected chi connectivity index (χ3v) is 5.05. The van der Waals surface area contributed by atoms with Gasteiger partial charge in [-0.25, -0.2) is 4.98 Å². The highest BCUT2D eigenvalue weighted by molar-refractivity contribution is 6.31. The molecule has 0 spiro atoms. The van der Waals surface area contributed by atoms with Crippen LogP contribution in [0, 0.1) is 5.92 Å². The lowest BCUT2D eigenvalue weighted by molar-refractivity contribution is -0.125. The summed E-state index contributed by atoms with van der Waals surface area (Å²) in [7, 11) is 1.92. The van der Waals surface area contributed by atoms with Crippen LogP contribution >= 0.6 is 11.6 Å². The summed E-state index contributed by atoms with van der Waals surface area (Å²) in [6, 6.07) is 6.01. The van der Waals surface area contributed by atoms with Crippen molar-refractivity contribution in [2.24, 2.45) is 13.0 Å². The van der Waals surface area contributed by atoms with Gasteiger partial charge in [0.25, 0.3) is 6.01 Å². The van der Waals surface area contributed by atoms with Gasteiger partial charge in [-0.15, -0.1) is 0 Å². The molecule has 2 aromatic heterocycles. The van der Waals surface area contributed by atoms with E-state index >= 15 is 0 Å². The maximum absolute atomic E-state index is 12.4. The predicted molar refractivity (Wildman–Crippen MR) is 99.0 cm³/mol. The summed E-state index contributed by atoms with van der Waals surface area (Å²) >= 11 is 5.99. The van der Waals surface area contributed by atoms with Crippen LogP contribution < -0.4 is 10.2 Å². The molecule has 1 aliphatic rings. The van der Waals surface area contributed by atoms with Crippen molar-refractivity contribution in [3.05, 3.63) is 41.4 Å². The summed E-state index contributed by atoms with van der Waals surface area (Å²) in [5.74, 6) is 0.934. The number of piperidine rings is 1. The Kier molecular flexibility index (Phi) is 4.55. The second kappa shape index (κ2) is 6.99. The van der Waals surface area contributed by atoms with Crippen molar-refractivity contribution in [2.75, 3.05) is 18.0 Å². The zero-order chi connectivity index (χ0) is 18.1. The lowest BCUT2D eigenvalue weighted by atomic mass is 9.96. The van der Waals surface area contributed by atoms with Gasteiger partial charge in [0.1, 0.15) is 11.3 Å². The minimum Gasteiger partial charge on any atom is -0.423 e. The Bertz CT molecular complexity index is 927. The molecule has 4 rings (SSSR count). The minimum absolute atomic E-state index is 0.00495. The molecular formula is C18H20ClN5O2. The number of hydrogen-bond donors (Lipinski definition) is 1. The molecule has 1 aliphatic heterocycles. The molecule has 0 aliphatic carbocycles. The first-order chi connectivity index (χ1) is 12.6. The molecule has 26 heavy (non-hydrogen) atoms. The van der Waals surface area contributed by atoms with Crippen molar-refractivity contribution in [1.29, 1.82) is 0 Å². The number of halogens is 1. The molecule has 0 bridgehead atoms. The van der Waals surface area contributed by atoms with Crippen LogP contribution in [0.15, 0.2) is 35.0 Å². The number of aryl methyl sites for hydroxylation is 1. The highest BCUT2D eigenvalue weighted by Crippen LogP contribution is 2.28. The van der Waals surface area contributed by atoms with Crippen LogP contribution in [0.5, 0.6) is 0 Å². The van der Waals surface area contributed by atoms with Crippen LogP contribution in [0.25, 0.3) is 11.1 Å². The van der Waals surface area contributed by atoms with E-state index in [9.17, 15) is 4.79 Å². The summed E-state index contributed by atoms with van der Waals surface area (Å²) in [5, 5.41) is 3.61. The van der Waals surface area contributed by atoms with Gasteiger partial charge in [0, 0.05) is 49.5 Å². The minimum atomic E-state index is 0.00495.